The minimum atomic E-state index is -0.598. The van der Waals surface area contributed by atoms with E-state index in [-0.39, 0.29) is 23.1 Å². The first kappa shape index (κ1) is 16.3. The number of rotatable bonds is 4. The summed E-state index contributed by atoms with van der Waals surface area (Å²) in [4.78, 5) is 12.1. The first-order chi connectivity index (χ1) is 13.1. The van der Waals surface area contributed by atoms with Crippen LogP contribution in [0.3, 0.4) is 0 Å². The van der Waals surface area contributed by atoms with E-state index < -0.39 is 5.91 Å². The van der Waals surface area contributed by atoms with Crippen LogP contribution in [0.25, 0.3) is 16.6 Å². The van der Waals surface area contributed by atoms with E-state index >= 15 is 0 Å². The molecule has 0 radical (unpaired) electrons. The zero-order valence-corrected chi connectivity index (χ0v) is 13.6. The number of nitrogen functional groups attached to an aromatic ring is 1. The molecule has 0 saturated carbocycles. The third-order valence-electron chi connectivity index (χ3n) is 3.71. The number of anilines is 1. The minimum Gasteiger partial charge on any atom is -0.378 e. The second kappa shape index (κ2) is 6.63. The van der Waals surface area contributed by atoms with E-state index in [1.165, 1.54) is 18.5 Å². The minimum absolute atomic E-state index is 0.00747. The van der Waals surface area contributed by atoms with Gasteiger partial charge in [0.25, 0.3) is 5.91 Å². The molecule has 11 heteroatoms. The average molecular weight is 366 g/mol. The van der Waals surface area contributed by atoms with Gasteiger partial charge in [-0.3, -0.25) is 4.79 Å². The molecule has 0 atom stereocenters. The molecule has 2 aromatic carbocycles. The number of hydrazone groups is 1. The molecule has 0 aliphatic heterocycles. The van der Waals surface area contributed by atoms with Gasteiger partial charge < -0.3 is 5.73 Å². The number of halogens is 1. The van der Waals surface area contributed by atoms with Crippen molar-refractivity contribution in [3.8, 4) is 5.82 Å². The van der Waals surface area contributed by atoms with Crippen molar-refractivity contribution in [2.75, 3.05) is 5.73 Å². The third kappa shape index (κ3) is 3.08. The molecule has 4 rings (SSSR count). The fraction of sp³-hybridized carbons (Fsp3) is 0. The maximum atomic E-state index is 13.8. The highest BCUT2D eigenvalue weighted by Gasteiger charge is 2.15. The molecule has 2 aromatic heterocycles. The van der Waals surface area contributed by atoms with E-state index in [0.29, 0.717) is 16.3 Å². The zero-order chi connectivity index (χ0) is 18.8. The molecule has 0 saturated heterocycles. The van der Waals surface area contributed by atoms with Crippen LogP contribution in [-0.2, 0) is 0 Å². The van der Waals surface area contributed by atoms with Crippen LogP contribution >= 0.6 is 0 Å². The largest absolute Gasteiger partial charge is 0.378 e. The van der Waals surface area contributed by atoms with Gasteiger partial charge in [-0.1, -0.05) is 35.5 Å². The molecule has 4 aromatic rings. The molecular formula is C16H11FN8O2. The van der Waals surface area contributed by atoms with Gasteiger partial charge in [-0.25, -0.2) is 14.4 Å². The molecule has 3 N–H and O–H groups in total. The van der Waals surface area contributed by atoms with E-state index in [9.17, 15) is 9.18 Å². The Labute approximate surface area is 150 Å². The smallest absolute Gasteiger partial charge is 0.293 e. The predicted molar refractivity (Wildman–Crippen MR) is 92.6 cm³/mol. The number of hydrogen-bond acceptors (Lipinski definition) is 8. The molecule has 10 nitrogen and oxygen atoms in total. The maximum Gasteiger partial charge on any atom is 0.293 e. The first-order valence-electron chi connectivity index (χ1n) is 7.65. The summed E-state index contributed by atoms with van der Waals surface area (Å²) < 4.78 is 19.4. The summed E-state index contributed by atoms with van der Waals surface area (Å²) in [5.74, 6) is -0.806. The Bertz CT molecular complexity index is 1170. The van der Waals surface area contributed by atoms with Crippen molar-refractivity contribution in [1.82, 2.24) is 30.7 Å². The number of nitrogens with two attached hydrogens (primary N) is 1. The Morgan fingerprint density at radius 3 is 2.85 bits per heavy atom. The Kier molecular flexibility index (Phi) is 4.01. The second-order valence-electron chi connectivity index (χ2n) is 5.40. The standard InChI is InChI=1S/C16H11FN8O2/c17-12-6-2-4-10-9(3-1-5-11(10)12)7-19-21-16(26)13-8-25(24-20-13)15-14(18)22-27-23-15/h1-8H,(H2,18,22)(H,21,26). The zero-order valence-electron chi connectivity index (χ0n) is 13.6. The lowest BCUT2D eigenvalue weighted by Gasteiger charge is -2.02. The Balaban J connectivity index is 1.51. The van der Waals surface area contributed by atoms with Crippen LogP contribution in [0.4, 0.5) is 10.2 Å². The van der Waals surface area contributed by atoms with Crippen molar-refractivity contribution >= 4 is 28.7 Å². The fourth-order valence-electron chi connectivity index (χ4n) is 2.45. The van der Waals surface area contributed by atoms with Crippen LogP contribution in [0, 0.1) is 5.82 Å². The molecule has 0 unspecified atom stereocenters. The molecule has 27 heavy (non-hydrogen) atoms. The number of carbonyl (C=O) groups is 1. The molecule has 0 bridgehead atoms. The van der Waals surface area contributed by atoms with Crippen molar-refractivity contribution in [2.45, 2.75) is 0 Å². The Morgan fingerprint density at radius 2 is 2.04 bits per heavy atom. The van der Waals surface area contributed by atoms with E-state index in [1.54, 1.807) is 30.3 Å². The number of carbonyl (C=O) groups excluding carboxylic acids is 1. The number of nitrogens with zero attached hydrogens (tertiary/aromatic N) is 6. The predicted octanol–water partition coefficient (Wildman–Crippen LogP) is 1.29. The van der Waals surface area contributed by atoms with Crippen LogP contribution < -0.4 is 11.2 Å². The molecule has 134 valence electrons. The van der Waals surface area contributed by atoms with E-state index in [0.717, 1.165) is 4.68 Å². The molecule has 0 aliphatic carbocycles. The number of fused-ring (bicyclic) bond motifs is 1. The van der Waals surface area contributed by atoms with Crippen LogP contribution in [0.2, 0.25) is 0 Å². The van der Waals surface area contributed by atoms with Crippen LogP contribution in [0.15, 0.2) is 52.3 Å². The normalized spacial score (nSPS) is 11.3. The summed E-state index contributed by atoms with van der Waals surface area (Å²) in [5.41, 5.74) is 8.52. The topological polar surface area (TPSA) is 137 Å². The van der Waals surface area contributed by atoms with Crippen molar-refractivity contribution in [1.29, 1.82) is 0 Å². The number of aromatic nitrogens is 5. The second-order valence-corrected chi connectivity index (χ2v) is 5.40. The maximum absolute atomic E-state index is 13.8. The molecule has 1 amide bonds. The van der Waals surface area contributed by atoms with Crippen molar-refractivity contribution in [3.63, 3.8) is 0 Å². The molecule has 2 heterocycles. The Hall–Kier alpha value is -4.15. The number of hydrogen-bond donors (Lipinski definition) is 2. The first-order valence-corrected chi connectivity index (χ1v) is 7.65. The average Bonchev–Trinajstić information content (AvgIpc) is 3.31. The van der Waals surface area contributed by atoms with Gasteiger partial charge in [0, 0.05) is 10.9 Å². The Morgan fingerprint density at radius 1 is 1.22 bits per heavy atom. The third-order valence-corrected chi connectivity index (χ3v) is 3.71. The summed E-state index contributed by atoms with van der Waals surface area (Å²) in [5, 5.41) is 19.4. The highest BCUT2D eigenvalue weighted by molar-refractivity contribution is 6.00. The van der Waals surface area contributed by atoms with Gasteiger partial charge in [0.2, 0.25) is 11.6 Å². The highest BCUT2D eigenvalue weighted by Crippen LogP contribution is 2.20. The quantitative estimate of drug-likeness (QED) is 0.410. The summed E-state index contributed by atoms with van der Waals surface area (Å²) in [7, 11) is 0. The number of nitrogens with one attached hydrogen (secondary N) is 1. The fourth-order valence-corrected chi connectivity index (χ4v) is 2.45. The van der Waals surface area contributed by atoms with E-state index in [4.69, 9.17) is 5.73 Å². The van der Waals surface area contributed by atoms with Crippen LogP contribution in [-0.4, -0.2) is 37.4 Å². The van der Waals surface area contributed by atoms with Crippen LogP contribution in [0.5, 0.6) is 0 Å². The lowest BCUT2D eigenvalue weighted by molar-refractivity contribution is 0.0950. The van der Waals surface area contributed by atoms with Gasteiger partial charge in [0.15, 0.2) is 5.69 Å². The summed E-state index contributed by atoms with van der Waals surface area (Å²) in [6, 6.07) is 9.89. The van der Waals surface area contributed by atoms with Crippen LogP contribution in [0.1, 0.15) is 16.1 Å². The van der Waals surface area contributed by atoms with E-state index in [2.05, 4.69) is 35.8 Å². The molecule has 0 aliphatic rings. The van der Waals surface area contributed by atoms with Gasteiger partial charge in [0.05, 0.1) is 12.4 Å². The lowest BCUT2D eigenvalue weighted by atomic mass is 10.1. The summed E-state index contributed by atoms with van der Waals surface area (Å²) in [6.45, 7) is 0. The highest BCUT2D eigenvalue weighted by atomic mass is 19.1. The SMILES string of the molecule is Nc1nonc1-n1cc(C(=O)NN=Cc2cccc3c(F)cccc23)nn1. The van der Waals surface area contributed by atoms with Gasteiger partial charge in [-0.05, 0) is 21.8 Å². The van der Waals surface area contributed by atoms with Gasteiger partial charge in [0.1, 0.15) is 5.82 Å². The summed E-state index contributed by atoms with van der Waals surface area (Å²) in [6.07, 6.45) is 2.72. The van der Waals surface area contributed by atoms with Gasteiger partial charge in [-0.2, -0.15) is 9.78 Å². The van der Waals surface area contributed by atoms with Gasteiger partial charge >= 0.3 is 0 Å². The molecule has 0 spiro atoms. The summed E-state index contributed by atoms with van der Waals surface area (Å²) >= 11 is 0. The van der Waals surface area contributed by atoms with Crippen molar-refractivity contribution in [2.24, 2.45) is 5.10 Å². The van der Waals surface area contributed by atoms with E-state index in [1.807, 2.05) is 0 Å². The lowest BCUT2D eigenvalue weighted by Crippen LogP contribution is -2.18. The van der Waals surface area contributed by atoms with Gasteiger partial charge in [-0.15, -0.1) is 5.10 Å². The number of amides is 1. The molecule has 0 fully saturated rings. The monoisotopic (exact) mass is 366 g/mol. The number of benzene rings is 2. The van der Waals surface area contributed by atoms with Crippen molar-refractivity contribution in [3.05, 3.63) is 59.7 Å². The van der Waals surface area contributed by atoms with Crippen molar-refractivity contribution < 1.29 is 13.8 Å². The molecular weight excluding hydrogens is 355 g/mol.